The number of aromatic nitrogens is 1. The van der Waals surface area contributed by atoms with E-state index in [4.69, 9.17) is 11.6 Å². The lowest BCUT2D eigenvalue weighted by Gasteiger charge is -2.33. The molecule has 0 aromatic carbocycles. The van der Waals surface area contributed by atoms with Crippen molar-refractivity contribution >= 4 is 38.9 Å². The predicted octanol–water partition coefficient (Wildman–Crippen LogP) is 1.10. The Balaban J connectivity index is 1.63. The van der Waals surface area contributed by atoms with E-state index >= 15 is 0 Å². The molecule has 7 nitrogen and oxygen atoms in total. The van der Waals surface area contributed by atoms with Gasteiger partial charge in [0.25, 0.3) is 15.6 Å². The lowest BCUT2D eigenvalue weighted by Crippen LogP contribution is -2.51. The van der Waals surface area contributed by atoms with E-state index in [2.05, 4.69) is 0 Å². The Morgan fingerprint density at radius 2 is 1.84 bits per heavy atom. The SMILES string of the molecule is O=C(Cn1ccccc1=O)N1CCN(S(=O)(=O)c2ccc(Cl)s2)CC1. The molecule has 25 heavy (non-hydrogen) atoms. The second-order valence-corrected chi connectivity index (χ2v) is 9.39. The molecule has 3 heterocycles. The zero-order chi connectivity index (χ0) is 18.0. The summed E-state index contributed by atoms with van der Waals surface area (Å²) in [6.07, 6.45) is 1.56. The molecule has 2 aromatic heterocycles. The zero-order valence-electron chi connectivity index (χ0n) is 13.2. The Hall–Kier alpha value is -1.68. The average Bonchev–Trinajstić information content (AvgIpc) is 3.04. The minimum Gasteiger partial charge on any atom is -0.339 e. The van der Waals surface area contributed by atoms with Crippen LogP contribution in [0.1, 0.15) is 0 Å². The smallest absolute Gasteiger partial charge is 0.252 e. The van der Waals surface area contributed by atoms with Crippen molar-refractivity contribution in [2.75, 3.05) is 26.2 Å². The number of rotatable bonds is 4. The van der Waals surface area contributed by atoms with E-state index in [0.29, 0.717) is 17.4 Å². The molecule has 1 saturated heterocycles. The van der Waals surface area contributed by atoms with Crippen molar-refractivity contribution in [2.24, 2.45) is 0 Å². The number of piperazine rings is 1. The van der Waals surface area contributed by atoms with Gasteiger partial charge in [-0.1, -0.05) is 17.7 Å². The van der Waals surface area contributed by atoms with Gasteiger partial charge in [0.15, 0.2) is 0 Å². The molecule has 0 atom stereocenters. The first-order valence-electron chi connectivity index (χ1n) is 7.56. The Morgan fingerprint density at radius 3 is 2.44 bits per heavy atom. The van der Waals surface area contributed by atoms with Gasteiger partial charge in [-0.3, -0.25) is 9.59 Å². The Labute approximate surface area is 154 Å². The first kappa shape index (κ1) is 18.1. The van der Waals surface area contributed by atoms with Crippen LogP contribution >= 0.6 is 22.9 Å². The van der Waals surface area contributed by atoms with Crippen LogP contribution in [-0.4, -0.2) is 54.3 Å². The van der Waals surface area contributed by atoms with Crippen LogP contribution in [0.2, 0.25) is 4.34 Å². The molecule has 0 spiro atoms. The maximum absolute atomic E-state index is 12.5. The van der Waals surface area contributed by atoms with Crippen molar-refractivity contribution in [1.29, 1.82) is 0 Å². The van der Waals surface area contributed by atoms with Gasteiger partial charge in [-0.15, -0.1) is 11.3 Å². The number of sulfonamides is 1. The molecule has 2 aromatic rings. The molecule has 1 fully saturated rings. The van der Waals surface area contributed by atoms with Gasteiger partial charge in [0.2, 0.25) is 5.91 Å². The topological polar surface area (TPSA) is 79.7 Å². The van der Waals surface area contributed by atoms with E-state index in [1.165, 1.54) is 21.0 Å². The average molecular weight is 402 g/mol. The molecule has 1 amide bonds. The summed E-state index contributed by atoms with van der Waals surface area (Å²) in [5, 5.41) is 0. The summed E-state index contributed by atoms with van der Waals surface area (Å²) in [4.78, 5) is 25.6. The van der Waals surface area contributed by atoms with Crippen molar-refractivity contribution in [3.8, 4) is 0 Å². The molecule has 1 aliphatic rings. The summed E-state index contributed by atoms with van der Waals surface area (Å²) in [7, 11) is -3.58. The molecule has 1 aliphatic heterocycles. The van der Waals surface area contributed by atoms with Crippen LogP contribution in [0.25, 0.3) is 0 Å². The van der Waals surface area contributed by atoms with Gasteiger partial charge in [-0.05, 0) is 18.2 Å². The minimum atomic E-state index is -3.58. The summed E-state index contributed by atoms with van der Waals surface area (Å²) in [5.74, 6) is -0.204. The Kier molecular flexibility index (Phi) is 5.28. The standard InChI is InChI=1S/C15H16ClN3O4S2/c16-12-4-5-15(24-12)25(22,23)19-9-7-17(8-10-19)14(21)11-18-6-2-1-3-13(18)20/h1-6H,7-11H2. The second kappa shape index (κ2) is 7.28. The number of hydrogen-bond acceptors (Lipinski definition) is 5. The number of carbonyl (C=O) groups excluding carboxylic acids is 1. The Bertz CT molecular complexity index is 930. The molecule has 10 heteroatoms. The molecule has 0 bridgehead atoms. The summed E-state index contributed by atoms with van der Waals surface area (Å²) < 4.78 is 28.4. The summed E-state index contributed by atoms with van der Waals surface area (Å²) in [6, 6.07) is 7.73. The van der Waals surface area contributed by atoms with Gasteiger partial charge >= 0.3 is 0 Å². The van der Waals surface area contributed by atoms with Crippen LogP contribution in [0.15, 0.2) is 45.5 Å². The van der Waals surface area contributed by atoms with Crippen LogP contribution in [0, 0.1) is 0 Å². The fourth-order valence-electron chi connectivity index (χ4n) is 2.58. The van der Waals surface area contributed by atoms with Crippen LogP contribution in [0.3, 0.4) is 0 Å². The monoisotopic (exact) mass is 401 g/mol. The predicted molar refractivity (Wildman–Crippen MR) is 95.4 cm³/mol. The zero-order valence-corrected chi connectivity index (χ0v) is 15.6. The van der Waals surface area contributed by atoms with Crippen molar-refractivity contribution in [2.45, 2.75) is 10.8 Å². The highest BCUT2D eigenvalue weighted by Gasteiger charge is 2.31. The maximum Gasteiger partial charge on any atom is 0.252 e. The molecule has 0 aliphatic carbocycles. The molecule has 0 radical (unpaired) electrons. The van der Waals surface area contributed by atoms with Crippen LogP contribution in [0.4, 0.5) is 0 Å². The van der Waals surface area contributed by atoms with Gasteiger partial charge in [0, 0.05) is 38.4 Å². The lowest BCUT2D eigenvalue weighted by molar-refractivity contribution is -0.133. The highest BCUT2D eigenvalue weighted by Crippen LogP contribution is 2.28. The van der Waals surface area contributed by atoms with E-state index in [-0.39, 0.29) is 35.3 Å². The highest BCUT2D eigenvalue weighted by atomic mass is 35.5. The second-order valence-electron chi connectivity index (χ2n) is 5.51. The summed E-state index contributed by atoms with van der Waals surface area (Å²) in [6.45, 7) is 0.963. The van der Waals surface area contributed by atoms with Crippen molar-refractivity contribution < 1.29 is 13.2 Å². The molecular formula is C15H16ClN3O4S2. The quantitative estimate of drug-likeness (QED) is 0.768. The number of pyridine rings is 1. The van der Waals surface area contributed by atoms with E-state index in [1.807, 2.05) is 0 Å². The first-order valence-corrected chi connectivity index (χ1v) is 10.2. The summed E-state index contributed by atoms with van der Waals surface area (Å²) in [5.41, 5.74) is -0.244. The number of halogens is 1. The molecule has 0 saturated carbocycles. The first-order chi connectivity index (χ1) is 11.9. The molecule has 0 N–H and O–H groups in total. The van der Waals surface area contributed by atoms with Gasteiger partial charge < -0.3 is 9.47 Å². The summed E-state index contributed by atoms with van der Waals surface area (Å²) >= 11 is 6.83. The molecule has 3 rings (SSSR count). The van der Waals surface area contributed by atoms with E-state index in [9.17, 15) is 18.0 Å². The Morgan fingerprint density at radius 1 is 1.12 bits per heavy atom. The number of nitrogens with zero attached hydrogens (tertiary/aromatic N) is 3. The molecule has 0 unspecified atom stereocenters. The number of thiophene rings is 1. The van der Waals surface area contributed by atoms with Crippen LogP contribution < -0.4 is 5.56 Å². The van der Waals surface area contributed by atoms with Crippen LogP contribution in [0.5, 0.6) is 0 Å². The molecular weight excluding hydrogens is 386 g/mol. The number of amides is 1. The van der Waals surface area contributed by atoms with Gasteiger partial charge in [-0.25, -0.2) is 8.42 Å². The maximum atomic E-state index is 12.5. The van der Waals surface area contributed by atoms with Gasteiger partial charge in [0.05, 0.1) is 4.34 Å². The number of carbonyl (C=O) groups is 1. The molecule has 134 valence electrons. The van der Waals surface area contributed by atoms with Gasteiger partial charge in [-0.2, -0.15) is 4.31 Å². The third-order valence-corrected chi connectivity index (χ3v) is 7.54. The number of hydrogen-bond donors (Lipinski definition) is 0. The van der Waals surface area contributed by atoms with E-state index in [1.54, 1.807) is 29.3 Å². The normalized spacial score (nSPS) is 16.1. The third kappa shape index (κ3) is 3.95. The largest absolute Gasteiger partial charge is 0.339 e. The van der Waals surface area contributed by atoms with Crippen molar-refractivity contribution in [3.05, 3.63) is 51.2 Å². The fourth-order valence-corrected chi connectivity index (χ4v) is 5.64. The van der Waals surface area contributed by atoms with E-state index in [0.717, 1.165) is 11.3 Å². The van der Waals surface area contributed by atoms with Crippen molar-refractivity contribution in [1.82, 2.24) is 13.8 Å². The third-order valence-electron chi connectivity index (χ3n) is 3.94. The lowest BCUT2D eigenvalue weighted by atomic mass is 10.3. The minimum absolute atomic E-state index is 0.0487. The highest BCUT2D eigenvalue weighted by molar-refractivity contribution is 7.91. The van der Waals surface area contributed by atoms with E-state index < -0.39 is 10.0 Å². The van der Waals surface area contributed by atoms with Crippen LogP contribution in [-0.2, 0) is 21.4 Å². The van der Waals surface area contributed by atoms with Gasteiger partial charge in [0.1, 0.15) is 10.8 Å². The fraction of sp³-hybridized carbons (Fsp3) is 0.333. The van der Waals surface area contributed by atoms with Crippen molar-refractivity contribution in [3.63, 3.8) is 0 Å².